The fourth-order valence-electron chi connectivity index (χ4n) is 3.30. The van der Waals surface area contributed by atoms with E-state index in [0.29, 0.717) is 6.54 Å². The molecule has 1 aliphatic rings. The zero-order chi connectivity index (χ0) is 19.4. The number of methoxy groups -OCH3 is 1. The van der Waals surface area contributed by atoms with Gasteiger partial charge in [-0.1, -0.05) is 18.2 Å². The minimum atomic E-state index is 0. The van der Waals surface area contributed by atoms with Crippen molar-refractivity contribution in [3.63, 3.8) is 0 Å². The van der Waals surface area contributed by atoms with Gasteiger partial charge < -0.3 is 24.5 Å². The van der Waals surface area contributed by atoms with Crippen molar-refractivity contribution < 1.29 is 13.9 Å². The number of furan rings is 1. The Kier molecular flexibility index (Phi) is 10.9. The lowest BCUT2D eigenvalue weighted by atomic mass is 10.1. The Balaban J connectivity index is 0.00000300. The van der Waals surface area contributed by atoms with Crippen LogP contribution in [0.3, 0.4) is 0 Å². The van der Waals surface area contributed by atoms with Gasteiger partial charge in [-0.05, 0) is 49.4 Å². The molecule has 0 saturated carbocycles. The SMILES string of the molecule is COc1ccccc1CCNC(=NCC1CCCCO1)NCCc1ccco1.I. The first kappa shape index (κ1) is 23.5. The molecule has 1 saturated heterocycles. The molecule has 0 spiro atoms. The van der Waals surface area contributed by atoms with Gasteiger partial charge in [0.1, 0.15) is 11.5 Å². The quantitative estimate of drug-likeness (QED) is 0.304. The van der Waals surface area contributed by atoms with Crippen LogP contribution in [0.4, 0.5) is 0 Å². The van der Waals surface area contributed by atoms with Gasteiger partial charge in [0, 0.05) is 26.1 Å². The first-order chi connectivity index (χ1) is 13.8. The predicted molar refractivity (Wildman–Crippen MR) is 126 cm³/mol. The van der Waals surface area contributed by atoms with Crippen LogP contribution in [0.25, 0.3) is 0 Å². The highest BCUT2D eigenvalue weighted by atomic mass is 127. The Hall–Kier alpha value is -1.74. The molecular weight excluding hydrogens is 481 g/mol. The van der Waals surface area contributed by atoms with Crippen LogP contribution in [0.15, 0.2) is 52.1 Å². The Morgan fingerprint density at radius 2 is 1.93 bits per heavy atom. The third kappa shape index (κ3) is 8.26. The monoisotopic (exact) mass is 513 g/mol. The smallest absolute Gasteiger partial charge is 0.191 e. The van der Waals surface area contributed by atoms with Crippen LogP contribution >= 0.6 is 24.0 Å². The first-order valence-corrected chi connectivity index (χ1v) is 10.1. The van der Waals surface area contributed by atoms with E-state index in [1.807, 2.05) is 30.3 Å². The Bertz CT molecular complexity index is 716. The van der Waals surface area contributed by atoms with Crippen molar-refractivity contribution >= 4 is 29.9 Å². The lowest BCUT2D eigenvalue weighted by molar-refractivity contribution is 0.0224. The van der Waals surface area contributed by atoms with Crippen molar-refractivity contribution in [2.75, 3.05) is 33.4 Å². The topological polar surface area (TPSA) is 68.0 Å². The average Bonchev–Trinajstić information content (AvgIpc) is 3.26. The van der Waals surface area contributed by atoms with Gasteiger partial charge in [0.2, 0.25) is 0 Å². The average molecular weight is 513 g/mol. The minimum absolute atomic E-state index is 0. The summed E-state index contributed by atoms with van der Waals surface area (Å²) in [5.74, 6) is 2.70. The molecular formula is C22H32IN3O3. The number of ether oxygens (including phenoxy) is 2. The van der Waals surface area contributed by atoms with E-state index in [4.69, 9.17) is 18.9 Å². The molecule has 3 rings (SSSR count). The Labute approximate surface area is 190 Å². The summed E-state index contributed by atoms with van der Waals surface area (Å²) in [4.78, 5) is 4.75. The molecule has 2 aromatic rings. The molecule has 0 bridgehead atoms. The van der Waals surface area contributed by atoms with Crippen LogP contribution in [0.5, 0.6) is 5.75 Å². The van der Waals surface area contributed by atoms with Crippen molar-refractivity contribution in [2.45, 2.75) is 38.2 Å². The van der Waals surface area contributed by atoms with Crippen LogP contribution in [-0.4, -0.2) is 45.4 Å². The number of nitrogens with zero attached hydrogens (tertiary/aromatic N) is 1. The second kappa shape index (κ2) is 13.5. The number of hydrogen-bond acceptors (Lipinski definition) is 4. The fourth-order valence-corrected chi connectivity index (χ4v) is 3.30. The van der Waals surface area contributed by atoms with Gasteiger partial charge >= 0.3 is 0 Å². The van der Waals surface area contributed by atoms with E-state index in [1.165, 1.54) is 12.0 Å². The summed E-state index contributed by atoms with van der Waals surface area (Å²) >= 11 is 0. The maximum Gasteiger partial charge on any atom is 0.191 e. The van der Waals surface area contributed by atoms with E-state index in [-0.39, 0.29) is 30.1 Å². The molecule has 0 amide bonds. The molecule has 0 radical (unpaired) electrons. The lowest BCUT2D eigenvalue weighted by Crippen LogP contribution is -2.40. The summed E-state index contributed by atoms with van der Waals surface area (Å²) in [6.07, 6.45) is 7.09. The summed E-state index contributed by atoms with van der Waals surface area (Å²) in [6.45, 7) is 3.07. The van der Waals surface area contributed by atoms with E-state index < -0.39 is 0 Å². The Morgan fingerprint density at radius 3 is 2.66 bits per heavy atom. The van der Waals surface area contributed by atoms with Crippen LogP contribution in [0.2, 0.25) is 0 Å². The predicted octanol–water partition coefficient (Wildman–Crippen LogP) is 3.80. The van der Waals surface area contributed by atoms with Crippen LogP contribution in [0, 0.1) is 0 Å². The van der Waals surface area contributed by atoms with Crippen molar-refractivity contribution in [1.82, 2.24) is 10.6 Å². The number of halogens is 1. The third-order valence-electron chi connectivity index (χ3n) is 4.85. The van der Waals surface area contributed by atoms with Crippen molar-refractivity contribution in [3.8, 4) is 5.75 Å². The summed E-state index contributed by atoms with van der Waals surface area (Å²) in [7, 11) is 1.71. The second-order valence-electron chi connectivity index (χ2n) is 6.92. The lowest BCUT2D eigenvalue weighted by Gasteiger charge is -2.21. The number of guanidine groups is 1. The number of hydrogen-bond donors (Lipinski definition) is 2. The molecule has 1 aliphatic heterocycles. The molecule has 1 unspecified atom stereocenters. The number of rotatable bonds is 9. The molecule has 160 valence electrons. The van der Waals surface area contributed by atoms with Gasteiger partial charge in [0.05, 0.1) is 26.0 Å². The van der Waals surface area contributed by atoms with Crippen LogP contribution in [-0.2, 0) is 17.6 Å². The molecule has 2 N–H and O–H groups in total. The van der Waals surface area contributed by atoms with Crippen LogP contribution in [0.1, 0.15) is 30.6 Å². The van der Waals surface area contributed by atoms with Gasteiger partial charge in [0.15, 0.2) is 5.96 Å². The van der Waals surface area contributed by atoms with Gasteiger partial charge in [-0.25, -0.2) is 0 Å². The number of aliphatic imine (C=N–C) groups is 1. The van der Waals surface area contributed by atoms with Crippen molar-refractivity contribution in [2.24, 2.45) is 4.99 Å². The Morgan fingerprint density at radius 1 is 1.10 bits per heavy atom. The number of para-hydroxylation sites is 1. The van der Waals surface area contributed by atoms with E-state index in [1.54, 1.807) is 13.4 Å². The minimum Gasteiger partial charge on any atom is -0.496 e. The van der Waals surface area contributed by atoms with E-state index >= 15 is 0 Å². The summed E-state index contributed by atoms with van der Waals surface area (Å²) in [5, 5.41) is 6.84. The molecule has 1 fully saturated rings. The molecule has 1 aromatic carbocycles. The highest BCUT2D eigenvalue weighted by Crippen LogP contribution is 2.17. The molecule has 29 heavy (non-hydrogen) atoms. The van der Waals surface area contributed by atoms with E-state index in [2.05, 4.69) is 16.7 Å². The zero-order valence-corrected chi connectivity index (χ0v) is 19.4. The summed E-state index contributed by atoms with van der Waals surface area (Å²) in [6, 6.07) is 12.0. The number of benzene rings is 1. The zero-order valence-electron chi connectivity index (χ0n) is 17.1. The first-order valence-electron chi connectivity index (χ1n) is 10.1. The van der Waals surface area contributed by atoms with Gasteiger partial charge in [-0.3, -0.25) is 4.99 Å². The van der Waals surface area contributed by atoms with Crippen LogP contribution < -0.4 is 15.4 Å². The maximum atomic E-state index is 5.80. The summed E-state index contributed by atoms with van der Waals surface area (Å²) < 4.78 is 16.6. The second-order valence-corrected chi connectivity index (χ2v) is 6.92. The standard InChI is InChI=1S/C22H31N3O3.HI/c1-26-21-10-3-2-7-18(21)11-13-23-22(24-14-12-19-9-6-16-27-19)25-17-20-8-4-5-15-28-20;/h2-3,6-7,9-10,16,20H,4-5,8,11-15,17H2,1H3,(H2,23,24,25);1H. The normalized spacial score (nSPS) is 16.7. The van der Waals surface area contributed by atoms with Gasteiger partial charge in [0.25, 0.3) is 0 Å². The van der Waals surface area contributed by atoms with Gasteiger partial charge in [-0.2, -0.15) is 0 Å². The molecule has 6 nitrogen and oxygen atoms in total. The molecule has 0 aliphatic carbocycles. The molecule has 7 heteroatoms. The molecule has 2 heterocycles. The van der Waals surface area contributed by atoms with Crippen molar-refractivity contribution in [1.29, 1.82) is 0 Å². The maximum absolute atomic E-state index is 5.80. The van der Waals surface area contributed by atoms with E-state index in [9.17, 15) is 0 Å². The van der Waals surface area contributed by atoms with Gasteiger partial charge in [-0.15, -0.1) is 24.0 Å². The largest absolute Gasteiger partial charge is 0.496 e. The fraction of sp³-hybridized carbons (Fsp3) is 0.500. The molecule has 1 atom stereocenters. The third-order valence-corrected chi connectivity index (χ3v) is 4.85. The molecule has 1 aromatic heterocycles. The highest BCUT2D eigenvalue weighted by Gasteiger charge is 2.13. The number of nitrogens with one attached hydrogen (secondary N) is 2. The summed E-state index contributed by atoms with van der Waals surface area (Å²) in [5.41, 5.74) is 1.18. The van der Waals surface area contributed by atoms with Crippen molar-refractivity contribution in [3.05, 3.63) is 54.0 Å². The van der Waals surface area contributed by atoms with E-state index in [0.717, 1.165) is 62.8 Å². The highest BCUT2D eigenvalue weighted by molar-refractivity contribution is 14.0.